The van der Waals surface area contributed by atoms with E-state index in [4.69, 9.17) is 11.6 Å². The first kappa shape index (κ1) is 15.2. The van der Waals surface area contributed by atoms with Crippen LogP contribution in [0.1, 0.15) is 22.2 Å². The van der Waals surface area contributed by atoms with Crippen molar-refractivity contribution in [3.63, 3.8) is 0 Å². The van der Waals surface area contributed by atoms with Crippen LogP contribution in [0, 0.1) is 0 Å². The fourth-order valence-corrected chi connectivity index (χ4v) is 2.87. The van der Waals surface area contributed by atoms with E-state index in [0.29, 0.717) is 12.2 Å². The lowest BCUT2D eigenvalue weighted by Crippen LogP contribution is -2.07. The van der Waals surface area contributed by atoms with Gasteiger partial charge in [0.25, 0.3) is 0 Å². The SMILES string of the molecule is CCc1ccc(CNc2ccc(Cl)c(C(F)(F)F)c2)s1. The molecule has 1 N–H and O–H groups in total. The standard InChI is InChI=1S/C14H13ClF3NS/c1-2-10-4-5-11(20-10)8-19-9-3-6-13(15)12(7-9)14(16,17)18/h3-7,19H,2,8H2,1H3. The van der Waals surface area contributed by atoms with Gasteiger partial charge < -0.3 is 5.32 Å². The lowest BCUT2D eigenvalue weighted by Gasteiger charge is -2.12. The maximum Gasteiger partial charge on any atom is 0.417 e. The van der Waals surface area contributed by atoms with Crippen LogP contribution in [0.15, 0.2) is 30.3 Å². The van der Waals surface area contributed by atoms with Crippen molar-refractivity contribution in [3.05, 3.63) is 50.7 Å². The Morgan fingerprint density at radius 3 is 2.45 bits per heavy atom. The van der Waals surface area contributed by atoms with Crippen LogP contribution in [-0.2, 0) is 19.1 Å². The third kappa shape index (κ3) is 3.67. The molecule has 0 amide bonds. The Bertz CT molecular complexity index is 592. The number of thiophene rings is 1. The first-order valence-corrected chi connectivity index (χ1v) is 7.28. The monoisotopic (exact) mass is 319 g/mol. The number of benzene rings is 1. The lowest BCUT2D eigenvalue weighted by molar-refractivity contribution is -0.137. The minimum absolute atomic E-state index is 0.285. The molecular formula is C14H13ClF3NS. The number of aryl methyl sites for hydroxylation is 1. The maximum atomic E-state index is 12.7. The molecule has 1 aromatic heterocycles. The molecule has 0 fully saturated rings. The van der Waals surface area contributed by atoms with Gasteiger partial charge in [-0.2, -0.15) is 13.2 Å². The fourth-order valence-electron chi connectivity index (χ4n) is 1.75. The lowest BCUT2D eigenvalue weighted by atomic mass is 10.2. The van der Waals surface area contributed by atoms with Gasteiger partial charge in [0, 0.05) is 22.0 Å². The summed E-state index contributed by atoms with van der Waals surface area (Å²) in [6.07, 6.45) is -3.48. The molecule has 0 aliphatic heterocycles. The van der Waals surface area contributed by atoms with E-state index >= 15 is 0 Å². The second-order valence-electron chi connectivity index (χ2n) is 4.27. The number of nitrogens with one attached hydrogen (secondary N) is 1. The number of halogens is 4. The molecule has 0 aliphatic rings. The molecule has 0 spiro atoms. The Hall–Kier alpha value is -1.20. The van der Waals surface area contributed by atoms with Crippen molar-refractivity contribution < 1.29 is 13.2 Å². The van der Waals surface area contributed by atoms with Gasteiger partial charge in [-0.05, 0) is 36.8 Å². The topological polar surface area (TPSA) is 12.0 Å². The van der Waals surface area contributed by atoms with E-state index < -0.39 is 11.7 Å². The molecule has 1 heterocycles. The summed E-state index contributed by atoms with van der Waals surface area (Å²) in [6.45, 7) is 2.57. The van der Waals surface area contributed by atoms with E-state index in [2.05, 4.69) is 12.2 Å². The summed E-state index contributed by atoms with van der Waals surface area (Å²) in [4.78, 5) is 2.35. The smallest absolute Gasteiger partial charge is 0.380 e. The fraction of sp³-hybridized carbons (Fsp3) is 0.286. The van der Waals surface area contributed by atoms with E-state index in [0.717, 1.165) is 17.4 Å². The summed E-state index contributed by atoms with van der Waals surface area (Å²) in [5.74, 6) is 0. The first-order valence-electron chi connectivity index (χ1n) is 6.08. The zero-order valence-corrected chi connectivity index (χ0v) is 12.3. The van der Waals surface area contributed by atoms with Crippen LogP contribution in [0.5, 0.6) is 0 Å². The Morgan fingerprint density at radius 1 is 1.15 bits per heavy atom. The largest absolute Gasteiger partial charge is 0.417 e. The second kappa shape index (κ2) is 6.06. The molecule has 0 bridgehead atoms. The molecular weight excluding hydrogens is 307 g/mol. The quantitative estimate of drug-likeness (QED) is 0.774. The molecule has 2 rings (SSSR count). The van der Waals surface area contributed by atoms with Crippen molar-refractivity contribution in [1.29, 1.82) is 0 Å². The van der Waals surface area contributed by atoms with Gasteiger partial charge >= 0.3 is 6.18 Å². The van der Waals surface area contributed by atoms with E-state index in [1.54, 1.807) is 17.4 Å². The highest BCUT2D eigenvalue weighted by molar-refractivity contribution is 7.12. The normalized spacial score (nSPS) is 11.7. The zero-order valence-electron chi connectivity index (χ0n) is 10.7. The van der Waals surface area contributed by atoms with Gasteiger partial charge in [0.05, 0.1) is 10.6 Å². The molecule has 2 aromatic rings. The summed E-state index contributed by atoms with van der Waals surface area (Å²) >= 11 is 7.23. The molecule has 1 nitrogen and oxygen atoms in total. The Kier molecular flexibility index (Phi) is 4.60. The van der Waals surface area contributed by atoms with E-state index in [9.17, 15) is 13.2 Å². The molecule has 0 aliphatic carbocycles. The highest BCUT2D eigenvalue weighted by atomic mass is 35.5. The average Bonchev–Trinajstić information content (AvgIpc) is 2.84. The Morgan fingerprint density at radius 2 is 1.85 bits per heavy atom. The van der Waals surface area contributed by atoms with Gasteiger partial charge in [-0.1, -0.05) is 18.5 Å². The van der Waals surface area contributed by atoms with Crippen molar-refractivity contribution in [1.82, 2.24) is 0 Å². The van der Waals surface area contributed by atoms with Crippen LogP contribution in [0.2, 0.25) is 5.02 Å². The second-order valence-corrected chi connectivity index (χ2v) is 5.93. The van der Waals surface area contributed by atoms with Gasteiger partial charge in [-0.15, -0.1) is 11.3 Å². The van der Waals surface area contributed by atoms with E-state index in [1.807, 2.05) is 12.1 Å². The molecule has 0 saturated heterocycles. The maximum absolute atomic E-state index is 12.7. The van der Waals surface area contributed by atoms with Crippen molar-refractivity contribution in [2.24, 2.45) is 0 Å². The zero-order chi connectivity index (χ0) is 14.8. The predicted molar refractivity (Wildman–Crippen MR) is 77.5 cm³/mol. The summed E-state index contributed by atoms with van der Waals surface area (Å²) in [5.41, 5.74) is -0.405. The molecule has 0 atom stereocenters. The van der Waals surface area contributed by atoms with Gasteiger partial charge in [-0.25, -0.2) is 0 Å². The molecule has 6 heteroatoms. The highest BCUT2D eigenvalue weighted by Crippen LogP contribution is 2.36. The Balaban J connectivity index is 2.10. The first-order chi connectivity index (χ1) is 9.40. The van der Waals surface area contributed by atoms with Gasteiger partial charge in [0.1, 0.15) is 0 Å². The van der Waals surface area contributed by atoms with Crippen LogP contribution in [0.4, 0.5) is 18.9 Å². The van der Waals surface area contributed by atoms with Gasteiger partial charge in [0.2, 0.25) is 0 Å². The summed E-state index contributed by atoms with van der Waals surface area (Å²) < 4.78 is 38.2. The molecule has 108 valence electrons. The van der Waals surface area contributed by atoms with Crippen molar-refractivity contribution in [3.8, 4) is 0 Å². The number of hydrogen-bond donors (Lipinski definition) is 1. The predicted octanol–water partition coefficient (Wildman–Crippen LogP) is 5.59. The average molecular weight is 320 g/mol. The molecule has 1 aromatic carbocycles. The minimum Gasteiger partial charge on any atom is -0.380 e. The number of rotatable bonds is 4. The van der Waals surface area contributed by atoms with Crippen LogP contribution in [-0.4, -0.2) is 0 Å². The minimum atomic E-state index is -4.44. The van der Waals surface area contributed by atoms with Crippen LogP contribution >= 0.6 is 22.9 Å². The summed E-state index contributed by atoms with van der Waals surface area (Å²) in [6, 6.07) is 7.86. The molecule has 0 saturated carbocycles. The van der Waals surface area contributed by atoms with Gasteiger partial charge in [-0.3, -0.25) is 0 Å². The van der Waals surface area contributed by atoms with Crippen LogP contribution in [0.3, 0.4) is 0 Å². The summed E-state index contributed by atoms with van der Waals surface area (Å²) in [7, 11) is 0. The highest BCUT2D eigenvalue weighted by Gasteiger charge is 2.33. The molecule has 20 heavy (non-hydrogen) atoms. The van der Waals surface area contributed by atoms with Crippen molar-refractivity contribution in [2.75, 3.05) is 5.32 Å². The number of alkyl halides is 3. The van der Waals surface area contributed by atoms with E-state index in [-0.39, 0.29) is 5.02 Å². The third-order valence-electron chi connectivity index (χ3n) is 2.80. The number of anilines is 1. The molecule has 0 unspecified atom stereocenters. The van der Waals surface area contributed by atoms with Crippen molar-refractivity contribution in [2.45, 2.75) is 26.1 Å². The van der Waals surface area contributed by atoms with Gasteiger partial charge in [0.15, 0.2) is 0 Å². The van der Waals surface area contributed by atoms with Crippen molar-refractivity contribution >= 4 is 28.6 Å². The third-order valence-corrected chi connectivity index (χ3v) is 4.36. The van der Waals surface area contributed by atoms with Crippen LogP contribution in [0.25, 0.3) is 0 Å². The van der Waals surface area contributed by atoms with E-state index in [1.165, 1.54) is 10.9 Å². The Labute approximate surface area is 124 Å². The summed E-state index contributed by atoms with van der Waals surface area (Å²) in [5, 5.41) is 2.71. The number of hydrogen-bond acceptors (Lipinski definition) is 2. The van der Waals surface area contributed by atoms with Crippen LogP contribution < -0.4 is 5.32 Å². The molecule has 0 radical (unpaired) electrons.